The van der Waals surface area contributed by atoms with Crippen molar-refractivity contribution >= 4 is 21.4 Å². The lowest BCUT2D eigenvalue weighted by molar-refractivity contribution is 0.234. The Balaban J connectivity index is 3.04. The largest absolute Gasteiger partial charge is 0.341 e. The van der Waals surface area contributed by atoms with Gasteiger partial charge >= 0.3 is 5.76 Å². The molecule has 6 heteroatoms. The minimum absolute atomic E-state index is 0.266. The van der Waals surface area contributed by atoms with Crippen molar-refractivity contribution in [1.82, 2.24) is 0 Å². The first kappa shape index (κ1) is 16.4. The molecule has 19 heavy (non-hydrogen) atoms. The number of sulfone groups is 1. The van der Waals surface area contributed by atoms with Gasteiger partial charge in [0.05, 0.1) is 4.90 Å². The van der Waals surface area contributed by atoms with E-state index in [-0.39, 0.29) is 16.7 Å². The molecule has 1 unspecified atom stereocenters. The van der Waals surface area contributed by atoms with E-state index in [0.29, 0.717) is 17.9 Å². The Morgan fingerprint density at radius 1 is 1.21 bits per heavy atom. The molecule has 0 radical (unpaired) electrons. The van der Waals surface area contributed by atoms with Gasteiger partial charge in [0.2, 0.25) is 9.84 Å². The van der Waals surface area contributed by atoms with E-state index < -0.39 is 15.6 Å². The van der Waals surface area contributed by atoms with Gasteiger partial charge in [-0.15, -0.1) is 11.6 Å². The molecule has 108 valence electrons. The van der Waals surface area contributed by atoms with Crippen LogP contribution in [0.5, 0.6) is 0 Å². The van der Waals surface area contributed by atoms with Crippen LogP contribution in [0, 0.1) is 5.92 Å². The summed E-state index contributed by atoms with van der Waals surface area (Å²) in [6, 6.07) is 5.80. The Kier molecular flexibility index (Phi) is 5.74. The summed E-state index contributed by atoms with van der Waals surface area (Å²) in [4.78, 5) is -0.320. The molecule has 0 spiro atoms. The van der Waals surface area contributed by atoms with Crippen LogP contribution in [0.2, 0.25) is 0 Å². The fourth-order valence-corrected chi connectivity index (χ4v) is 3.38. The lowest BCUT2D eigenvalue weighted by Crippen LogP contribution is -2.16. The molecule has 0 aliphatic carbocycles. The van der Waals surface area contributed by atoms with Crippen molar-refractivity contribution in [2.75, 3.05) is 0 Å². The highest BCUT2D eigenvalue weighted by molar-refractivity contribution is 7.91. The smallest absolute Gasteiger partial charge is 0.218 e. The number of halogens is 3. The van der Waals surface area contributed by atoms with Crippen LogP contribution in [0.3, 0.4) is 0 Å². The summed E-state index contributed by atoms with van der Waals surface area (Å²) in [5.41, 5.74) is 0.350. The molecule has 0 fully saturated rings. The van der Waals surface area contributed by atoms with Crippen LogP contribution in [0.25, 0.3) is 0 Å². The minimum Gasteiger partial charge on any atom is -0.218 e. The van der Waals surface area contributed by atoms with Gasteiger partial charge in [0.15, 0.2) is 0 Å². The second-order valence-electron chi connectivity index (χ2n) is 4.84. The number of benzene rings is 1. The third kappa shape index (κ3) is 4.42. The molecule has 2 nitrogen and oxygen atoms in total. The van der Waals surface area contributed by atoms with Gasteiger partial charge in [-0.1, -0.05) is 32.0 Å². The van der Waals surface area contributed by atoms with E-state index in [1.807, 2.05) is 13.8 Å². The molecular formula is C13H17ClF2O2S. The Morgan fingerprint density at radius 2 is 1.79 bits per heavy atom. The lowest BCUT2D eigenvalue weighted by atomic mass is 10.0. The number of hydrogen-bond acceptors (Lipinski definition) is 2. The van der Waals surface area contributed by atoms with Crippen molar-refractivity contribution in [3.8, 4) is 0 Å². The molecule has 0 bridgehead atoms. The van der Waals surface area contributed by atoms with Crippen LogP contribution in [0.4, 0.5) is 8.78 Å². The van der Waals surface area contributed by atoms with Gasteiger partial charge in [-0.05, 0) is 30.4 Å². The van der Waals surface area contributed by atoms with Gasteiger partial charge in [-0.25, -0.2) is 8.42 Å². The zero-order chi connectivity index (χ0) is 14.6. The SMILES string of the molecule is CC(C)CC(Cl)Cc1ccccc1S(=O)(=O)C(F)F. The molecular weight excluding hydrogens is 294 g/mol. The van der Waals surface area contributed by atoms with Crippen molar-refractivity contribution in [3.05, 3.63) is 29.8 Å². The quantitative estimate of drug-likeness (QED) is 0.747. The molecule has 0 aliphatic rings. The average Bonchev–Trinajstić information content (AvgIpc) is 2.27. The molecule has 0 aliphatic heterocycles. The summed E-state index contributed by atoms with van der Waals surface area (Å²) in [6.45, 7) is 3.99. The van der Waals surface area contributed by atoms with Crippen LogP contribution in [-0.2, 0) is 16.3 Å². The van der Waals surface area contributed by atoms with Crippen LogP contribution in [0.1, 0.15) is 25.8 Å². The fourth-order valence-electron chi connectivity index (χ4n) is 1.88. The van der Waals surface area contributed by atoms with Crippen molar-refractivity contribution in [2.45, 2.75) is 42.7 Å². The summed E-state index contributed by atoms with van der Waals surface area (Å²) < 4.78 is 48.3. The summed E-state index contributed by atoms with van der Waals surface area (Å²) in [6.07, 6.45) is 0.965. The normalized spacial score (nSPS) is 14.1. The Morgan fingerprint density at radius 3 is 2.32 bits per heavy atom. The van der Waals surface area contributed by atoms with Gasteiger partial charge in [-0.3, -0.25) is 0 Å². The average molecular weight is 311 g/mol. The van der Waals surface area contributed by atoms with E-state index in [4.69, 9.17) is 11.6 Å². The Hall–Kier alpha value is -0.680. The molecule has 1 aromatic carbocycles. The van der Waals surface area contributed by atoms with Gasteiger partial charge in [0.25, 0.3) is 0 Å². The van der Waals surface area contributed by atoms with E-state index >= 15 is 0 Å². The minimum atomic E-state index is -4.57. The predicted octanol–water partition coefficient (Wildman–Crippen LogP) is 3.88. The number of hydrogen-bond donors (Lipinski definition) is 0. The van der Waals surface area contributed by atoms with Crippen LogP contribution in [0.15, 0.2) is 29.2 Å². The third-order valence-electron chi connectivity index (χ3n) is 2.68. The second kappa shape index (κ2) is 6.66. The highest BCUT2D eigenvalue weighted by Crippen LogP contribution is 2.25. The fraction of sp³-hybridized carbons (Fsp3) is 0.538. The maximum atomic E-state index is 12.6. The standard InChI is InChI=1S/C13H17ClF2O2S/c1-9(2)7-11(14)8-10-5-3-4-6-12(10)19(17,18)13(15)16/h3-6,9,11,13H,7-8H2,1-2H3. The summed E-state index contributed by atoms with van der Waals surface area (Å²) in [5, 5.41) is -0.269. The topological polar surface area (TPSA) is 34.1 Å². The van der Waals surface area contributed by atoms with Crippen molar-refractivity contribution in [2.24, 2.45) is 5.92 Å². The van der Waals surface area contributed by atoms with E-state index in [1.165, 1.54) is 18.2 Å². The maximum Gasteiger partial charge on any atom is 0.341 e. The Labute approximate surface area is 117 Å². The third-order valence-corrected chi connectivity index (χ3v) is 4.50. The van der Waals surface area contributed by atoms with E-state index in [1.54, 1.807) is 6.07 Å². The van der Waals surface area contributed by atoms with E-state index in [9.17, 15) is 17.2 Å². The molecule has 1 aromatic rings. The summed E-state index contributed by atoms with van der Waals surface area (Å²) in [7, 11) is -4.57. The molecule has 0 saturated carbocycles. The van der Waals surface area contributed by atoms with Crippen molar-refractivity contribution in [3.63, 3.8) is 0 Å². The molecule has 0 heterocycles. The first-order valence-electron chi connectivity index (χ1n) is 5.99. The van der Waals surface area contributed by atoms with Crippen molar-refractivity contribution in [1.29, 1.82) is 0 Å². The molecule has 0 saturated heterocycles. The Bertz CT molecular complexity index is 515. The highest BCUT2D eigenvalue weighted by Gasteiger charge is 2.29. The van der Waals surface area contributed by atoms with Gasteiger partial charge in [0, 0.05) is 5.38 Å². The monoisotopic (exact) mass is 310 g/mol. The number of rotatable bonds is 6. The zero-order valence-corrected chi connectivity index (χ0v) is 12.4. The summed E-state index contributed by atoms with van der Waals surface area (Å²) >= 11 is 6.13. The molecule has 1 rings (SSSR count). The highest BCUT2D eigenvalue weighted by atomic mass is 35.5. The zero-order valence-electron chi connectivity index (χ0n) is 10.8. The first-order chi connectivity index (χ1) is 8.75. The van der Waals surface area contributed by atoms with Crippen LogP contribution >= 0.6 is 11.6 Å². The van der Waals surface area contributed by atoms with Crippen LogP contribution < -0.4 is 0 Å². The molecule has 0 aromatic heterocycles. The van der Waals surface area contributed by atoms with Gasteiger partial charge in [-0.2, -0.15) is 8.78 Å². The molecule has 0 amide bonds. The van der Waals surface area contributed by atoms with E-state index in [0.717, 1.165) is 0 Å². The van der Waals surface area contributed by atoms with E-state index in [2.05, 4.69) is 0 Å². The predicted molar refractivity (Wildman–Crippen MR) is 72.4 cm³/mol. The second-order valence-corrected chi connectivity index (χ2v) is 7.35. The van der Waals surface area contributed by atoms with Crippen molar-refractivity contribution < 1.29 is 17.2 Å². The lowest BCUT2D eigenvalue weighted by Gasteiger charge is -2.15. The molecule has 0 N–H and O–H groups in total. The van der Waals surface area contributed by atoms with Gasteiger partial charge < -0.3 is 0 Å². The summed E-state index contributed by atoms with van der Waals surface area (Å²) in [5.74, 6) is -3.05. The first-order valence-corrected chi connectivity index (χ1v) is 7.97. The number of alkyl halides is 3. The van der Waals surface area contributed by atoms with Gasteiger partial charge in [0.1, 0.15) is 0 Å². The molecule has 1 atom stereocenters. The van der Waals surface area contributed by atoms with Crippen LogP contribution in [-0.4, -0.2) is 19.6 Å². The maximum absolute atomic E-state index is 12.6.